The van der Waals surface area contributed by atoms with E-state index in [4.69, 9.17) is 9.72 Å². The van der Waals surface area contributed by atoms with Crippen molar-refractivity contribution in [1.29, 1.82) is 0 Å². The summed E-state index contributed by atoms with van der Waals surface area (Å²) in [5, 5.41) is 2.81. The van der Waals surface area contributed by atoms with Gasteiger partial charge in [0.05, 0.1) is 24.1 Å². The first-order valence-electron chi connectivity index (χ1n) is 9.26. The van der Waals surface area contributed by atoms with Gasteiger partial charge < -0.3 is 15.0 Å². The van der Waals surface area contributed by atoms with Crippen LogP contribution in [0.4, 0.5) is 15.9 Å². The van der Waals surface area contributed by atoms with Crippen molar-refractivity contribution in [2.24, 2.45) is 5.92 Å². The zero-order chi connectivity index (χ0) is 19.5. The van der Waals surface area contributed by atoms with Gasteiger partial charge in [-0.25, -0.2) is 14.4 Å². The Kier molecular flexibility index (Phi) is 5.06. The summed E-state index contributed by atoms with van der Waals surface area (Å²) in [6, 6.07) is 13.5. The van der Waals surface area contributed by atoms with Crippen molar-refractivity contribution in [3.05, 3.63) is 54.3 Å². The van der Waals surface area contributed by atoms with Crippen LogP contribution in [0.1, 0.15) is 12.8 Å². The number of ether oxygens (including phenoxy) is 1. The van der Waals surface area contributed by atoms with Crippen molar-refractivity contribution >= 4 is 28.4 Å². The fraction of sp³-hybridized carbons (Fsp3) is 0.286. The number of methoxy groups -OCH3 is 1. The molecule has 28 heavy (non-hydrogen) atoms. The number of nitrogens with zero attached hydrogens (tertiary/aromatic N) is 3. The molecule has 6 nitrogen and oxygen atoms in total. The van der Waals surface area contributed by atoms with Crippen LogP contribution in [0.15, 0.2) is 48.5 Å². The summed E-state index contributed by atoms with van der Waals surface area (Å²) in [7, 11) is 1.57. The fourth-order valence-electron chi connectivity index (χ4n) is 3.51. The van der Waals surface area contributed by atoms with Crippen LogP contribution in [0.2, 0.25) is 0 Å². The Hall–Kier alpha value is -3.22. The van der Waals surface area contributed by atoms with Gasteiger partial charge in [0.2, 0.25) is 5.91 Å². The fourth-order valence-corrected chi connectivity index (χ4v) is 3.51. The molecule has 1 aliphatic heterocycles. The summed E-state index contributed by atoms with van der Waals surface area (Å²) in [5.74, 6) is 0.367. The number of fused-ring (bicyclic) bond motifs is 1. The molecule has 1 saturated heterocycles. The molecule has 0 radical (unpaired) electrons. The zero-order valence-electron chi connectivity index (χ0n) is 15.6. The lowest BCUT2D eigenvalue weighted by atomic mass is 9.97. The van der Waals surface area contributed by atoms with Crippen molar-refractivity contribution in [2.45, 2.75) is 12.8 Å². The number of hydrogen-bond donors (Lipinski definition) is 1. The molecule has 144 valence electrons. The van der Waals surface area contributed by atoms with Crippen LogP contribution < -0.4 is 15.0 Å². The van der Waals surface area contributed by atoms with Crippen molar-refractivity contribution in [3.63, 3.8) is 0 Å². The van der Waals surface area contributed by atoms with E-state index in [1.165, 1.54) is 12.1 Å². The third-order valence-electron chi connectivity index (χ3n) is 4.90. The highest BCUT2D eigenvalue weighted by atomic mass is 19.1. The van der Waals surface area contributed by atoms with Gasteiger partial charge in [0.25, 0.3) is 5.88 Å². The number of rotatable bonds is 4. The number of nitrogens with one attached hydrogen (secondary N) is 1. The Labute approximate surface area is 162 Å². The average Bonchev–Trinajstić information content (AvgIpc) is 2.73. The van der Waals surface area contributed by atoms with Crippen LogP contribution >= 0.6 is 0 Å². The number of anilines is 2. The van der Waals surface area contributed by atoms with E-state index in [-0.39, 0.29) is 17.6 Å². The molecule has 7 heteroatoms. The van der Waals surface area contributed by atoms with Crippen molar-refractivity contribution in [2.75, 3.05) is 30.4 Å². The SMILES string of the molecule is COc1nc2ccccc2nc1N1CCCC(C(=O)Nc2cccc(F)c2)C1. The van der Waals surface area contributed by atoms with Gasteiger partial charge in [0, 0.05) is 18.8 Å². The van der Waals surface area contributed by atoms with E-state index in [2.05, 4.69) is 10.3 Å². The molecule has 0 aliphatic carbocycles. The molecule has 1 amide bonds. The molecule has 0 bridgehead atoms. The lowest BCUT2D eigenvalue weighted by molar-refractivity contribution is -0.120. The Morgan fingerprint density at radius 1 is 1.18 bits per heavy atom. The van der Waals surface area contributed by atoms with Gasteiger partial charge in [-0.2, -0.15) is 0 Å². The molecule has 0 saturated carbocycles. The number of hydrogen-bond acceptors (Lipinski definition) is 5. The second-order valence-corrected chi connectivity index (χ2v) is 6.83. The molecular formula is C21H21FN4O2. The van der Waals surface area contributed by atoms with Crippen molar-refractivity contribution < 1.29 is 13.9 Å². The van der Waals surface area contributed by atoms with Crippen LogP contribution in [0.3, 0.4) is 0 Å². The number of benzene rings is 2. The second-order valence-electron chi connectivity index (χ2n) is 6.83. The third-order valence-corrected chi connectivity index (χ3v) is 4.90. The Balaban J connectivity index is 1.55. The molecule has 1 fully saturated rings. The predicted molar refractivity (Wildman–Crippen MR) is 106 cm³/mol. The van der Waals surface area contributed by atoms with Crippen molar-refractivity contribution in [3.8, 4) is 5.88 Å². The number of aromatic nitrogens is 2. The molecule has 2 aromatic carbocycles. The van der Waals surface area contributed by atoms with E-state index < -0.39 is 0 Å². The van der Waals surface area contributed by atoms with E-state index in [0.29, 0.717) is 23.9 Å². The second kappa shape index (κ2) is 7.80. The minimum atomic E-state index is -0.376. The smallest absolute Gasteiger partial charge is 0.257 e. The summed E-state index contributed by atoms with van der Waals surface area (Å²) in [6.45, 7) is 1.28. The maximum atomic E-state index is 13.4. The molecule has 0 spiro atoms. The molecule has 1 unspecified atom stereocenters. The number of para-hydroxylation sites is 2. The van der Waals surface area contributed by atoms with Crippen LogP contribution in [0, 0.1) is 11.7 Å². The summed E-state index contributed by atoms with van der Waals surface area (Å²) in [5.41, 5.74) is 2.01. The molecule has 2 heterocycles. The number of carbonyl (C=O) groups is 1. The quantitative estimate of drug-likeness (QED) is 0.749. The number of carbonyl (C=O) groups excluding carboxylic acids is 1. The monoisotopic (exact) mass is 380 g/mol. The van der Waals surface area contributed by atoms with Crippen LogP contribution in [-0.4, -0.2) is 36.1 Å². The van der Waals surface area contributed by atoms with Gasteiger partial charge >= 0.3 is 0 Å². The first-order valence-corrected chi connectivity index (χ1v) is 9.26. The largest absolute Gasteiger partial charge is 0.478 e. The zero-order valence-corrected chi connectivity index (χ0v) is 15.6. The van der Waals surface area contributed by atoms with E-state index in [0.717, 1.165) is 30.4 Å². The minimum Gasteiger partial charge on any atom is -0.478 e. The highest BCUT2D eigenvalue weighted by Gasteiger charge is 2.29. The number of amides is 1. The highest BCUT2D eigenvalue weighted by Crippen LogP contribution is 2.30. The molecule has 3 aromatic rings. The van der Waals surface area contributed by atoms with Gasteiger partial charge in [-0.15, -0.1) is 0 Å². The molecule has 1 N–H and O–H groups in total. The topological polar surface area (TPSA) is 67.4 Å². The number of piperidine rings is 1. The summed E-state index contributed by atoms with van der Waals surface area (Å²) in [4.78, 5) is 24.0. The first kappa shape index (κ1) is 18.2. The maximum absolute atomic E-state index is 13.4. The Morgan fingerprint density at radius 2 is 1.96 bits per heavy atom. The van der Waals surface area contributed by atoms with Gasteiger partial charge in [-0.05, 0) is 43.2 Å². The summed E-state index contributed by atoms with van der Waals surface area (Å²) in [6.07, 6.45) is 1.61. The van der Waals surface area contributed by atoms with E-state index in [1.807, 2.05) is 29.2 Å². The molecule has 1 aliphatic rings. The lowest BCUT2D eigenvalue weighted by Crippen LogP contribution is -2.41. The van der Waals surface area contributed by atoms with E-state index in [9.17, 15) is 9.18 Å². The normalized spacial score (nSPS) is 16.8. The Morgan fingerprint density at radius 3 is 2.71 bits per heavy atom. The Bertz CT molecular complexity index is 1010. The number of halogens is 1. The van der Waals surface area contributed by atoms with Crippen molar-refractivity contribution in [1.82, 2.24) is 9.97 Å². The first-order chi connectivity index (χ1) is 13.6. The van der Waals surface area contributed by atoms with Crippen LogP contribution in [-0.2, 0) is 4.79 Å². The van der Waals surface area contributed by atoms with Gasteiger partial charge in [-0.1, -0.05) is 18.2 Å². The van der Waals surface area contributed by atoms with Crippen LogP contribution in [0.5, 0.6) is 5.88 Å². The summed E-state index contributed by atoms with van der Waals surface area (Å²) >= 11 is 0. The van der Waals surface area contributed by atoms with Gasteiger partial charge in [-0.3, -0.25) is 4.79 Å². The van der Waals surface area contributed by atoms with Crippen LogP contribution in [0.25, 0.3) is 11.0 Å². The van der Waals surface area contributed by atoms with E-state index >= 15 is 0 Å². The highest BCUT2D eigenvalue weighted by molar-refractivity contribution is 5.93. The maximum Gasteiger partial charge on any atom is 0.257 e. The summed E-state index contributed by atoms with van der Waals surface area (Å²) < 4.78 is 18.8. The molecule has 4 rings (SSSR count). The minimum absolute atomic E-state index is 0.122. The van der Waals surface area contributed by atoms with Gasteiger partial charge in [0.1, 0.15) is 5.82 Å². The standard InChI is InChI=1S/C21H21FN4O2/c1-28-21-19(24-17-9-2-3-10-18(17)25-21)26-11-5-6-14(13-26)20(27)23-16-8-4-7-15(22)12-16/h2-4,7-10,12,14H,5-6,11,13H2,1H3,(H,23,27). The molecule has 1 aromatic heterocycles. The molecular weight excluding hydrogens is 359 g/mol. The average molecular weight is 380 g/mol. The van der Waals surface area contributed by atoms with Gasteiger partial charge in [0.15, 0.2) is 5.82 Å². The predicted octanol–water partition coefficient (Wildman–Crippen LogP) is 3.63. The molecule has 1 atom stereocenters. The lowest BCUT2D eigenvalue weighted by Gasteiger charge is -2.33. The third kappa shape index (κ3) is 3.74. The van der Waals surface area contributed by atoms with E-state index in [1.54, 1.807) is 19.2 Å².